The third-order valence-corrected chi connectivity index (χ3v) is 4.25. The van der Waals surface area contributed by atoms with Crippen LogP contribution in [0.15, 0.2) is 54.7 Å². The number of nitrogens with zero attached hydrogens (tertiary/aromatic N) is 2. The molecule has 0 unspecified atom stereocenters. The molecule has 1 aliphatic heterocycles. The van der Waals surface area contributed by atoms with Gasteiger partial charge in [0.2, 0.25) is 0 Å². The number of carbonyl (C=O) groups excluding carboxylic acids is 1. The number of amides is 1. The number of aromatic nitrogens is 1. The van der Waals surface area contributed by atoms with E-state index in [1.807, 2.05) is 23.1 Å². The molecule has 1 aromatic carbocycles. The molecule has 0 N–H and O–H groups in total. The Labute approximate surface area is 130 Å². The smallest absolute Gasteiger partial charge is 0.320 e. The number of hydrogen-bond donors (Lipinski definition) is 0. The van der Waals surface area contributed by atoms with Gasteiger partial charge in [-0.15, -0.1) is 0 Å². The topological polar surface area (TPSA) is 47.2 Å². The first kappa shape index (κ1) is 14.6. The lowest BCUT2D eigenvalue weighted by Gasteiger charge is -2.35. The molecule has 114 valence electrons. The molecule has 4 nitrogen and oxygen atoms in total. The van der Waals surface area contributed by atoms with E-state index in [0.29, 0.717) is 4.73 Å². The molecular formula is C18H20N2O2. The van der Waals surface area contributed by atoms with Gasteiger partial charge in [0.15, 0.2) is 6.20 Å². The van der Waals surface area contributed by atoms with Gasteiger partial charge in [-0.2, -0.15) is 4.73 Å². The van der Waals surface area contributed by atoms with Crippen molar-refractivity contribution in [2.75, 3.05) is 6.54 Å². The van der Waals surface area contributed by atoms with Gasteiger partial charge in [0.1, 0.15) is 0 Å². The van der Waals surface area contributed by atoms with Crippen LogP contribution in [-0.4, -0.2) is 23.4 Å². The molecule has 1 atom stereocenters. The molecule has 0 bridgehead atoms. The maximum absolute atomic E-state index is 12.7. The second-order valence-electron chi connectivity index (χ2n) is 5.75. The SMILES string of the molecule is O=C(c1cccc[n+]1[O-])N1CCCC[C@H]1Cc1ccccc1. The Balaban J connectivity index is 1.80. The third-order valence-electron chi connectivity index (χ3n) is 4.25. The lowest BCUT2D eigenvalue weighted by atomic mass is 9.95. The molecule has 1 aliphatic rings. The van der Waals surface area contributed by atoms with Crippen molar-refractivity contribution in [3.05, 3.63) is 71.2 Å². The fourth-order valence-electron chi connectivity index (χ4n) is 3.11. The largest absolute Gasteiger partial charge is 0.618 e. The van der Waals surface area contributed by atoms with Crippen molar-refractivity contribution in [3.8, 4) is 0 Å². The predicted octanol–water partition coefficient (Wildman–Crippen LogP) is 2.56. The van der Waals surface area contributed by atoms with E-state index in [9.17, 15) is 10.0 Å². The molecule has 2 heterocycles. The third kappa shape index (κ3) is 3.11. The summed E-state index contributed by atoms with van der Waals surface area (Å²) in [6, 6.07) is 15.4. The lowest BCUT2D eigenvalue weighted by molar-refractivity contribution is -0.608. The Morgan fingerprint density at radius 2 is 1.91 bits per heavy atom. The van der Waals surface area contributed by atoms with Crippen LogP contribution in [0, 0.1) is 5.21 Å². The molecule has 1 saturated heterocycles. The van der Waals surface area contributed by atoms with Crippen LogP contribution in [0.4, 0.5) is 0 Å². The van der Waals surface area contributed by atoms with Crippen molar-refractivity contribution in [1.29, 1.82) is 0 Å². The summed E-state index contributed by atoms with van der Waals surface area (Å²) in [5.41, 5.74) is 1.44. The molecule has 0 spiro atoms. The van der Waals surface area contributed by atoms with E-state index < -0.39 is 0 Å². The van der Waals surface area contributed by atoms with Crippen LogP contribution >= 0.6 is 0 Å². The zero-order valence-corrected chi connectivity index (χ0v) is 12.5. The van der Waals surface area contributed by atoms with Crippen molar-refractivity contribution in [1.82, 2.24) is 4.90 Å². The van der Waals surface area contributed by atoms with Gasteiger partial charge in [0, 0.05) is 24.7 Å². The van der Waals surface area contributed by atoms with Crippen LogP contribution in [0.1, 0.15) is 35.3 Å². The summed E-state index contributed by atoms with van der Waals surface area (Å²) in [4.78, 5) is 14.6. The van der Waals surface area contributed by atoms with E-state index in [2.05, 4.69) is 12.1 Å². The number of piperidine rings is 1. The molecule has 3 rings (SSSR count). The molecule has 2 aromatic rings. The van der Waals surface area contributed by atoms with E-state index in [1.54, 1.807) is 18.2 Å². The molecule has 4 heteroatoms. The van der Waals surface area contributed by atoms with E-state index in [-0.39, 0.29) is 17.6 Å². The van der Waals surface area contributed by atoms with Crippen LogP contribution < -0.4 is 4.73 Å². The fraction of sp³-hybridized carbons (Fsp3) is 0.333. The summed E-state index contributed by atoms with van der Waals surface area (Å²) >= 11 is 0. The first-order valence-electron chi connectivity index (χ1n) is 7.79. The van der Waals surface area contributed by atoms with Gasteiger partial charge in [-0.1, -0.05) is 30.3 Å². The van der Waals surface area contributed by atoms with Gasteiger partial charge in [0.05, 0.1) is 0 Å². The van der Waals surface area contributed by atoms with Gasteiger partial charge in [-0.05, 0) is 37.3 Å². The number of hydrogen-bond acceptors (Lipinski definition) is 2. The van der Waals surface area contributed by atoms with Crippen molar-refractivity contribution in [2.45, 2.75) is 31.7 Å². The first-order valence-corrected chi connectivity index (χ1v) is 7.79. The fourth-order valence-corrected chi connectivity index (χ4v) is 3.11. The number of rotatable bonds is 3. The highest BCUT2D eigenvalue weighted by Crippen LogP contribution is 2.22. The lowest BCUT2D eigenvalue weighted by Crippen LogP contribution is -2.48. The quantitative estimate of drug-likeness (QED) is 0.645. The van der Waals surface area contributed by atoms with Gasteiger partial charge < -0.3 is 10.1 Å². The monoisotopic (exact) mass is 296 g/mol. The normalized spacial score (nSPS) is 18.2. The second kappa shape index (κ2) is 6.60. The minimum Gasteiger partial charge on any atom is -0.618 e. The standard InChI is InChI=1S/C18H20N2O2/c21-18(17-11-5-7-13-20(17)22)19-12-6-4-10-16(19)14-15-8-2-1-3-9-15/h1-3,5,7-9,11,13,16H,4,6,10,12,14H2/t16-/m0/s1. The highest BCUT2D eigenvalue weighted by Gasteiger charge is 2.31. The van der Waals surface area contributed by atoms with E-state index in [1.165, 1.54) is 11.8 Å². The van der Waals surface area contributed by atoms with E-state index in [0.717, 1.165) is 32.2 Å². The number of carbonyl (C=O) groups is 1. The predicted molar refractivity (Wildman–Crippen MR) is 84.2 cm³/mol. The number of likely N-dealkylation sites (tertiary alicyclic amines) is 1. The summed E-state index contributed by atoms with van der Waals surface area (Å²) in [6.07, 6.45) is 5.35. The van der Waals surface area contributed by atoms with Crippen molar-refractivity contribution < 1.29 is 9.52 Å². The molecule has 1 aromatic heterocycles. The van der Waals surface area contributed by atoms with Crippen molar-refractivity contribution in [3.63, 3.8) is 0 Å². The zero-order valence-electron chi connectivity index (χ0n) is 12.5. The molecule has 1 fully saturated rings. The van der Waals surface area contributed by atoms with E-state index in [4.69, 9.17) is 0 Å². The Morgan fingerprint density at radius 1 is 1.14 bits per heavy atom. The zero-order chi connectivity index (χ0) is 15.4. The molecule has 1 amide bonds. The van der Waals surface area contributed by atoms with Crippen LogP contribution in [0.25, 0.3) is 0 Å². The summed E-state index contributed by atoms with van der Waals surface area (Å²) in [7, 11) is 0. The molecule has 0 aliphatic carbocycles. The van der Waals surface area contributed by atoms with Crippen LogP contribution in [0.3, 0.4) is 0 Å². The highest BCUT2D eigenvalue weighted by molar-refractivity contribution is 5.91. The van der Waals surface area contributed by atoms with Gasteiger partial charge in [0.25, 0.3) is 5.69 Å². The maximum Gasteiger partial charge on any atom is 0.320 e. The molecule has 0 saturated carbocycles. The Kier molecular flexibility index (Phi) is 4.37. The van der Waals surface area contributed by atoms with Crippen LogP contribution in [0.5, 0.6) is 0 Å². The van der Waals surface area contributed by atoms with E-state index >= 15 is 0 Å². The van der Waals surface area contributed by atoms with Gasteiger partial charge in [-0.25, -0.2) is 0 Å². The highest BCUT2D eigenvalue weighted by atomic mass is 16.5. The Hall–Kier alpha value is -2.36. The van der Waals surface area contributed by atoms with Crippen molar-refractivity contribution >= 4 is 5.91 Å². The summed E-state index contributed by atoms with van der Waals surface area (Å²) in [6.45, 7) is 0.727. The summed E-state index contributed by atoms with van der Waals surface area (Å²) in [5.74, 6) is -0.156. The first-order chi connectivity index (χ1) is 10.8. The summed E-state index contributed by atoms with van der Waals surface area (Å²) < 4.78 is 0.663. The van der Waals surface area contributed by atoms with Crippen molar-refractivity contribution in [2.24, 2.45) is 0 Å². The molecular weight excluding hydrogens is 276 g/mol. The van der Waals surface area contributed by atoms with Crippen LogP contribution in [0.2, 0.25) is 0 Å². The van der Waals surface area contributed by atoms with Gasteiger partial charge >= 0.3 is 5.91 Å². The average Bonchev–Trinajstić information content (AvgIpc) is 2.56. The van der Waals surface area contributed by atoms with Crippen LogP contribution in [-0.2, 0) is 6.42 Å². The van der Waals surface area contributed by atoms with Gasteiger partial charge in [-0.3, -0.25) is 4.79 Å². The number of pyridine rings is 1. The maximum atomic E-state index is 12.7. The summed E-state index contributed by atoms with van der Waals surface area (Å²) in [5, 5.41) is 11.8. The Morgan fingerprint density at radius 3 is 2.68 bits per heavy atom. The minimum absolute atomic E-state index is 0.156. The average molecular weight is 296 g/mol. The molecule has 22 heavy (non-hydrogen) atoms. The molecule has 0 radical (unpaired) electrons. The second-order valence-corrected chi connectivity index (χ2v) is 5.75. The Bertz CT molecular complexity index is 643. The number of benzene rings is 1. The minimum atomic E-state index is -0.156.